The molecule has 0 aliphatic rings. The number of hydrogen-bond acceptors (Lipinski definition) is 3. The zero-order chi connectivity index (χ0) is 32.9. The highest BCUT2D eigenvalue weighted by atomic mass is 31.2. The van der Waals surface area contributed by atoms with Gasteiger partial charge in [-0.15, -0.1) is 0 Å². The molecule has 0 aromatic rings. The monoisotopic (exact) mass is 681 g/mol. The first-order valence-electron chi connectivity index (χ1n) is 13.3. The van der Waals surface area contributed by atoms with E-state index in [1.54, 1.807) is 0 Å². The summed E-state index contributed by atoms with van der Waals surface area (Å²) in [5.74, 6) is 0. The van der Waals surface area contributed by atoms with Gasteiger partial charge in [0.15, 0.2) is 22.5 Å². The number of rotatable bonds is 15. The van der Waals surface area contributed by atoms with Gasteiger partial charge in [-0.1, -0.05) is 0 Å². The van der Waals surface area contributed by atoms with Crippen molar-refractivity contribution in [2.75, 3.05) is 148 Å². The van der Waals surface area contributed by atoms with Gasteiger partial charge in [-0.05, 0) is 148 Å². The van der Waals surface area contributed by atoms with Crippen molar-refractivity contribution < 1.29 is 0 Å². The molecule has 1 N–H and O–H groups in total. The summed E-state index contributed by atoms with van der Waals surface area (Å²) in [5.41, 5.74) is 0. The molecule has 0 heterocycles. The summed E-state index contributed by atoms with van der Waals surface area (Å²) in [6.07, 6.45) is 0. The zero-order valence-electron chi connectivity index (χ0n) is 30.0. The van der Waals surface area contributed by atoms with E-state index in [2.05, 4.69) is 193 Å². The van der Waals surface area contributed by atoms with Gasteiger partial charge in [0.2, 0.25) is 7.51 Å². The van der Waals surface area contributed by atoms with E-state index in [1.165, 1.54) is 0 Å². The van der Waals surface area contributed by atoms with Crippen LogP contribution < -0.4 is 5.09 Å². The number of hydrogen-bond donors (Lipinski definition) is 1. The molecule has 0 aliphatic carbocycles. The SMILES string of the molecule is CNP(=NP(=NP(N=P(N(C)C)(N(C)C)N(C)C)N=P(N(C)C)(N(C)C)N(C)C)(N(C)C)N(C)C)(N(C)C)N(C)C. The molecule has 248 valence electrons. The van der Waals surface area contributed by atoms with E-state index in [-0.39, 0.29) is 0 Å². The van der Waals surface area contributed by atoms with Gasteiger partial charge in [0, 0.05) is 0 Å². The van der Waals surface area contributed by atoms with Gasteiger partial charge in [-0.3, -0.25) is 42.5 Å². The Hall–Kier alpha value is 0.910. The molecule has 0 radical (unpaired) electrons. The van der Waals surface area contributed by atoms with Crippen LogP contribution in [0.4, 0.5) is 0 Å². The lowest BCUT2D eigenvalue weighted by atomic mass is 11.2. The van der Waals surface area contributed by atoms with Crippen LogP contribution in [-0.2, 0) is 0 Å². The lowest BCUT2D eigenvalue weighted by Gasteiger charge is -2.44. The summed E-state index contributed by atoms with van der Waals surface area (Å²) in [7, 11) is 32.3. The maximum absolute atomic E-state index is 5.73. The minimum atomic E-state index is -2.71. The average Bonchev–Trinajstić information content (AvgIpc) is 2.80. The van der Waals surface area contributed by atoms with Gasteiger partial charge in [-0.25, -0.2) is 9.34 Å². The Bertz CT molecular complexity index is 923. The molecule has 0 fully saturated rings. The van der Waals surface area contributed by atoms with Gasteiger partial charge in [0.1, 0.15) is 0 Å². The van der Waals surface area contributed by atoms with E-state index >= 15 is 0 Å². The molecule has 20 heteroatoms. The molecule has 0 saturated carbocycles. The molecule has 0 aromatic carbocycles. The van der Waals surface area contributed by atoms with Gasteiger partial charge >= 0.3 is 0 Å². The fraction of sp³-hybridized carbons (Fsp3) is 1.00. The van der Waals surface area contributed by atoms with Gasteiger partial charge < -0.3 is 0 Å². The summed E-state index contributed by atoms with van der Waals surface area (Å²) < 4.78 is 44.9. The predicted octanol–water partition coefficient (Wildman–Crippen LogP) is 4.83. The van der Waals surface area contributed by atoms with Crippen LogP contribution in [0.3, 0.4) is 0 Å². The van der Waals surface area contributed by atoms with Crippen LogP contribution in [0.15, 0.2) is 18.1 Å². The molecule has 15 nitrogen and oxygen atoms in total. The van der Waals surface area contributed by atoms with Crippen molar-refractivity contribution in [3.8, 4) is 0 Å². The van der Waals surface area contributed by atoms with E-state index in [0.717, 1.165) is 0 Å². The lowest BCUT2D eigenvalue weighted by Crippen LogP contribution is -2.31. The summed E-state index contributed by atoms with van der Waals surface area (Å²) in [6, 6.07) is 0. The van der Waals surface area contributed by atoms with Crippen LogP contribution >= 0.6 is 38.4 Å². The molecule has 0 spiro atoms. The Morgan fingerprint density at radius 3 is 0.829 bits per heavy atom. The smallest absolute Gasteiger partial charge is 0.262 e. The van der Waals surface area contributed by atoms with Crippen LogP contribution in [0.5, 0.6) is 0 Å². The van der Waals surface area contributed by atoms with E-state index in [0.29, 0.717) is 0 Å². The Morgan fingerprint density at radius 2 is 0.659 bits per heavy atom. The highest BCUT2D eigenvalue weighted by Gasteiger charge is 2.38. The fourth-order valence-electron chi connectivity index (χ4n) is 4.83. The lowest BCUT2D eigenvalue weighted by molar-refractivity contribution is 0.474. The molecule has 0 amide bonds. The minimum Gasteiger partial charge on any atom is -0.262 e. The normalized spacial score (nSPS) is 14.5. The second kappa shape index (κ2) is 16.5. The van der Waals surface area contributed by atoms with E-state index in [1.807, 2.05) is 7.05 Å². The van der Waals surface area contributed by atoms with Crippen molar-refractivity contribution in [1.29, 1.82) is 0 Å². The van der Waals surface area contributed by atoms with Gasteiger partial charge in [0.05, 0.1) is 0 Å². The van der Waals surface area contributed by atoms with Crippen molar-refractivity contribution in [2.24, 2.45) is 18.1 Å². The van der Waals surface area contributed by atoms with Crippen molar-refractivity contribution in [1.82, 2.24) is 51.8 Å². The van der Waals surface area contributed by atoms with Crippen molar-refractivity contribution in [3.63, 3.8) is 0 Å². The van der Waals surface area contributed by atoms with Crippen molar-refractivity contribution >= 4 is 38.4 Å². The Morgan fingerprint density at radius 1 is 0.390 bits per heavy atom. The quantitative estimate of drug-likeness (QED) is 0.241. The molecule has 0 bridgehead atoms. The van der Waals surface area contributed by atoms with Crippen molar-refractivity contribution in [2.45, 2.75) is 0 Å². The second-order valence-corrected chi connectivity index (χ2v) is 27.7. The molecule has 0 rings (SSSR count). The van der Waals surface area contributed by atoms with Crippen LogP contribution in [0.2, 0.25) is 0 Å². The summed E-state index contributed by atoms with van der Waals surface area (Å²) in [4.78, 5) is 0. The maximum Gasteiger partial charge on any atom is 0.275 e. The minimum absolute atomic E-state index is 1.63. The highest BCUT2D eigenvalue weighted by molar-refractivity contribution is 7.78. The van der Waals surface area contributed by atoms with E-state index in [4.69, 9.17) is 18.1 Å². The third-order valence-electron chi connectivity index (χ3n) is 6.55. The molecular weight excluding hydrogens is 617 g/mol. The van der Waals surface area contributed by atoms with Gasteiger partial charge in [-0.2, -0.15) is 18.1 Å². The molecule has 0 unspecified atom stereocenters. The first-order chi connectivity index (χ1) is 18.5. The van der Waals surface area contributed by atoms with Crippen LogP contribution in [-0.4, -0.2) is 195 Å². The standard InChI is InChI=1S/C21H64N15P5/c1-22-38(27(2)3,28(4)5)26-39(29(6)7,30(8)9)23-37(24-40(31(10)11,32(12)13)33(14)15)25-41(34(16)17,35(18)19)36(20)21/h22H,1-21H3. The summed E-state index contributed by atoms with van der Waals surface area (Å²) in [5, 5.41) is 3.58. The van der Waals surface area contributed by atoms with E-state index in [9.17, 15) is 0 Å². The van der Waals surface area contributed by atoms with Crippen LogP contribution in [0.1, 0.15) is 0 Å². The molecule has 0 aromatic heterocycles. The van der Waals surface area contributed by atoms with Crippen LogP contribution in [0.25, 0.3) is 0 Å². The average molecular weight is 682 g/mol. The first kappa shape index (κ1) is 41.9. The highest BCUT2D eigenvalue weighted by Crippen LogP contribution is 2.74. The van der Waals surface area contributed by atoms with Crippen molar-refractivity contribution in [3.05, 3.63) is 0 Å². The summed E-state index contributed by atoms with van der Waals surface area (Å²) in [6.45, 7) is 0. The van der Waals surface area contributed by atoms with Gasteiger partial charge in [0.25, 0.3) is 8.37 Å². The second-order valence-electron chi connectivity index (χ2n) is 11.5. The Balaban J connectivity index is 8.89. The first-order valence-corrected chi connectivity index (χ1v) is 20.9. The third kappa shape index (κ3) is 8.59. The largest absolute Gasteiger partial charge is 0.275 e. The topological polar surface area (TPSA) is 93.9 Å². The summed E-state index contributed by atoms with van der Waals surface area (Å²) >= 11 is 0. The van der Waals surface area contributed by atoms with E-state index < -0.39 is 38.4 Å². The molecule has 0 aliphatic heterocycles. The molecular formula is C21H64N15P5. The maximum atomic E-state index is 5.73. The Labute approximate surface area is 255 Å². The Kier molecular flexibility index (Phi) is 16.8. The third-order valence-corrected chi connectivity index (χ3v) is 24.7. The molecule has 41 heavy (non-hydrogen) atoms. The fourth-order valence-corrected chi connectivity index (χ4v) is 25.2. The zero-order valence-corrected chi connectivity index (χ0v) is 34.5. The molecule has 0 atom stereocenters. The number of nitrogens with zero attached hydrogens (tertiary/aromatic N) is 14. The number of nitrogens with one attached hydrogen (secondary N) is 1. The predicted molar refractivity (Wildman–Crippen MR) is 190 cm³/mol. The molecule has 0 saturated heterocycles. The van der Waals surface area contributed by atoms with Crippen LogP contribution in [0, 0.1) is 0 Å².